The lowest BCUT2D eigenvalue weighted by Gasteiger charge is -2.23. The van der Waals surface area contributed by atoms with Gasteiger partial charge >= 0.3 is 7.82 Å². The summed E-state index contributed by atoms with van der Waals surface area (Å²) in [4.78, 5) is 22.8. The lowest BCUT2D eigenvalue weighted by molar-refractivity contribution is -0.123. The van der Waals surface area contributed by atoms with Crippen LogP contribution in [0.5, 0.6) is 0 Å². The summed E-state index contributed by atoms with van der Waals surface area (Å²) in [6.07, 6.45) is 57.0. The number of nitrogens with one attached hydrogen (secondary N) is 1. The Labute approximate surface area is 357 Å². The van der Waals surface area contributed by atoms with Crippen LogP contribution < -0.4 is 11.1 Å². The van der Waals surface area contributed by atoms with Crippen LogP contribution in [0.2, 0.25) is 0 Å². The molecule has 9 heteroatoms. The number of aliphatic hydroxyl groups is 1. The number of aliphatic hydroxyl groups excluding tert-OH is 1. The van der Waals surface area contributed by atoms with E-state index in [0.717, 1.165) is 51.4 Å². The standard InChI is InChI=1S/C49H91N2O6P/c1-3-5-7-9-11-13-15-17-19-21-23-24-25-27-29-31-33-35-37-39-41-43-49(53)51-47(46-57-58(54,55)56-45-44-50)48(52)42-40-38-36-34-32-30-28-26-22-20-18-16-14-12-10-8-6-4-2/h15,17,21-23,26,32,34,40,42,47-48,52H,3-14,16,18-20,24-25,27-31,33,35-39,41,43-46,50H2,1-2H3,(H,51,53)(H,54,55)/b17-15-,23-21-,26-22+,34-32+,42-40+. The largest absolute Gasteiger partial charge is 0.472 e. The molecule has 0 aromatic heterocycles. The number of rotatable bonds is 44. The Morgan fingerprint density at radius 2 is 0.966 bits per heavy atom. The highest BCUT2D eigenvalue weighted by atomic mass is 31.2. The molecule has 0 saturated carbocycles. The van der Waals surface area contributed by atoms with E-state index in [1.54, 1.807) is 6.08 Å². The van der Waals surface area contributed by atoms with Gasteiger partial charge in [-0.2, -0.15) is 0 Å². The van der Waals surface area contributed by atoms with Crippen LogP contribution in [0.25, 0.3) is 0 Å². The summed E-state index contributed by atoms with van der Waals surface area (Å²) >= 11 is 0. The van der Waals surface area contributed by atoms with Gasteiger partial charge in [0.15, 0.2) is 0 Å². The Bertz CT molecular complexity index is 1090. The van der Waals surface area contributed by atoms with E-state index >= 15 is 0 Å². The second-order valence-corrected chi connectivity index (χ2v) is 17.4. The van der Waals surface area contributed by atoms with Gasteiger partial charge in [0.25, 0.3) is 0 Å². The van der Waals surface area contributed by atoms with Crippen LogP contribution in [0, 0.1) is 0 Å². The van der Waals surface area contributed by atoms with Crippen LogP contribution in [0.3, 0.4) is 0 Å². The van der Waals surface area contributed by atoms with Gasteiger partial charge in [-0.15, -0.1) is 0 Å². The van der Waals surface area contributed by atoms with Gasteiger partial charge in [-0.1, -0.05) is 190 Å². The van der Waals surface area contributed by atoms with E-state index in [2.05, 4.69) is 67.8 Å². The van der Waals surface area contributed by atoms with E-state index in [0.29, 0.717) is 6.42 Å². The minimum absolute atomic E-state index is 0.0690. The number of allylic oxidation sites excluding steroid dienone is 9. The monoisotopic (exact) mass is 835 g/mol. The Morgan fingerprint density at radius 3 is 1.43 bits per heavy atom. The van der Waals surface area contributed by atoms with Crippen LogP contribution in [-0.2, 0) is 18.4 Å². The van der Waals surface area contributed by atoms with E-state index in [4.69, 9.17) is 14.8 Å². The minimum atomic E-state index is -4.36. The second kappa shape index (κ2) is 44.7. The maximum Gasteiger partial charge on any atom is 0.472 e. The number of amides is 1. The highest BCUT2D eigenvalue weighted by molar-refractivity contribution is 7.47. The normalized spacial score (nSPS) is 14.5. The Kier molecular flexibility index (Phi) is 43.4. The number of unbranched alkanes of at least 4 members (excludes halogenated alkanes) is 24. The first-order chi connectivity index (χ1) is 28.4. The maximum atomic E-state index is 12.8. The summed E-state index contributed by atoms with van der Waals surface area (Å²) in [5.74, 6) is -0.214. The van der Waals surface area contributed by atoms with E-state index in [1.165, 1.54) is 141 Å². The van der Waals surface area contributed by atoms with Crippen molar-refractivity contribution in [1.82, 2.24) is 5.32 Å². The third kappa shape index (κ3) is 42.3. The summed E-state index contributed by atoms with van der Waals surface area (Å²) in [7, 11) is -4.36. The fourth-order valence-corrected chi connectivity index (χ4v) is 7.42. The zero-order valence-electron chi connectivity index (χ0n) is 37.5. The lowest BCUT2D eigenvalue weighted by Crippen LogP contribution is -2.45. The molecule has 1 amide bonds. The highest BCUT2D eigenvalue weighted by Crippen LogP contribution is 2.43. The van der Waals surface area contributed by atoms with E-state index in [9.17, 15) is 19.4 Å². The molecule has 0 aliphatic carbocycles. The molecule has 0 fully saturated rings. The Balaban J connectivity index is 4.23. The molecule has 0 radical (unpaired) electrons. The molecular weight excluding hydrogens is 744 g/mol. The summed E-state index contributed by atoms with van der Waals surface area (Å²) in [5, 5.41) is 13.7. The molecule has 0 aliphatic heterocycles. The molecule has 0 saturated heterocycles. The van der Waals surface area contributed by atoms with Crippen LogP contribution in [0.15, 0.2) is 60.8 Å². The van der Waals surface area contributed by atoms with Crippen molar-refractivity contribution in [2.75, 3.05) is 19.8 Å². The first-order valence-corrected chi connectivity index (χ1v) is 25.4. The number of phosphoric ester groups is 1. The molecule has 5 N–H and O–H groups in total. The van der Waals surface area contributed by atoms with Gasteiger partial charge in [0.05, 0.1) is 25.4 Å². The molecule has 0 spiro atoms. The van der Waals surface area contributed by atoms with Gasteiger partial charge in [0.1, 0.15) is 0 Å². The first-order valence-electron chi connectivity index (χ1n) is 23.9. The van der Waals surface area contributed by atoms with Crippen molar-refractivity contribution in [2.24, 2.45) is 5.73 Å². The summed E-state index contributed by atoms with van der Waals surface area (Å²) in [5.41, 5.74) is 5.38. The van der Waals surface area contributed by atoms with E-state index < -0.39 is 20.0 Å². The molecule has 338 valence electrons. The molecule has 0 aliphatic rings. The van der Waals surface area contributed by atoms with Gasteiger partial charge in [0.2, 0.25) is 5.91 Å². The zero-order valence-corrected chi connectivity index (χ0v) is 38.4. The Hall–Kier alpha value is -1.80. The molecule has 0 bridgehead atoms. The molecular formula is C49H91N2O6P. The smallest absolute Gasteiger partial charge is 0.387 e. The van der Waals surface area contributed by atoms with Gasteiger partial charge in [0, 0.05) is 13.0 Å². The summed E-state index contributed by atoms with van der Waals surface area (Å²) in [6, 6.07) is -0.888. The van der Waals surface area contributed by atoms with E-state index in [1.807, 2.05) is 6.08 Å². The molecule has 0 aromatic carbocycles. The van der Waals surface area contributed by atoms with Crippen molar-refractivity contribution in [1.29, 1.82) is 0 Å². The molecule has 0 rings (SSSR count). The number of carbonyl (C=O) groups is 1. The van der Waals surface area contributed by atoms with Crippen LogP contribution in [0.1, 0.15) is 213 Å². The predicted molar refractivity (Wildman–Crippen MR) is 249 cm³/mol. The van der Waals surface area contributed by atoms with Crippen molar-refractivity contribution in [3.63, 3.8) is 0 Å². The fraction of sp³-hybridized carbons (Fsp3) is 0.776. The number of carbonyl (C=O) groups excluding carboxylic acids is 1. The third-order valence-electron chi connectivity index (χ3n) is 10.3. The maximum absolute atomic E-state index is 12.8. The molecule has 58 heavy (non-hydrogen) atoms. The number of phosphoric acid groups is 1. The van der Waals surface area contributed by atoms with Crippen molar-refractivity contribution in [2.45, 2.75) is 225 Å². The molecule has 3 unspecified atom stereocenters. The van der Waals surface area contributed by atoms with Crippen LogP contribution in [-0.4, -0.2) is 47.8 Å². The molecule has 8 nitrogen and oxygen atoms in total. The zero-order chi connectivity index (χ0) is 42.5. The van der Waals surface area contributed by atoms with Gasteiger partial charge in [-0.05, 0) is 77.0 Å². The van der Waals surface area contributed by atoms with E-state index in [-0.39, 0.29) is 25.7 Å². The van der Waals surface area contributed by atoms with Crippen LogP contribution >= 0.6 is 7.82 Å². The van der Waals surface area contributed by atoms with Crippen molar-refractivity contribution in [3.05, 3.63) is 60.8 Å². The van der Waals surface area contributed by atoms with Gasteiger partial charge in [-0.25, -0.2) is 4.57 Å². The number of nitrogens with two attached hydrogens (primary N) is 1. The van der Waals surface area contributed by atoms with Crippen molar-refractivity contribution < 1.29 is 28.4 Å². The average Bonchev–Trinajstić information content (AvgIpc) is 3.21. The van der Waals surface area contributed by atoms with Crippen molar-refractivity contribution >= 4 is 13.7 Å². The molecule has 0 heterocycles. The second-order valence-electron chi connectivity index (χ2n) is 15.9. The summed E-state index contributed by atoms with van der Waals surface area (Å²) < 4.78 is 22.2. The average molecular weight is 835 g/mol. The topological polar surface area (TPSA) is 131 Å². The highest BCUT2D eigenvalue weighted by Gasteiger charge is 2.26. The fourth-order valence-electron chi connectivity index (χ4n) is 6.66. The Morgan fingerprint density at radius 1 is 0.569 bits per heavy atom. The number of hydrogen-bond donors (Lipinski definition) is 4. The van der Waals surface area contributed by atoms with Crippen molar-refractivity contribution in [3.8, 4) is 0 Å². The minimum Gasteiger partial charge on any atom is -0.387 e. The van der Waals surface area contributed by atoms with Crippen LogP contribution in [0.4, 0.5) is 0 Å². The quantitative estimate of drug-likeness (QED) is 0.0273. The molecule has 3 atom stereocenters. The molecule has 0 aromatic rings. The SMILES string of the molecule is CCCCCCC/C=C\C/C=C\CCCCCCCCCCCC(=O)NC(COP(=O)(O)OCCN)C(O)/C=C/CC/C=C/CC/C=C/CCCCCCCCCC. The lowest BCUT2D eigenvalue weighted by atomic mass is 10.1. The first kappa shape index (κ1) is 56.2. The summed E-state index contributed by atoms with van der Waals surface area (Å²) in [6.45, 7) is 4.09. The predicted octanol–water partition coefficient (Wildman–Crippen LogP) is 13.8. The third-order valence-corrected chi connectivity index (χ3v) is 11.3. The van der Waals surface area contributed by atoms with Gasteiger partial charge in [-0.3, -0.25) is 13.8 Å². The number of hydrogen-bond acceptors (Lipinski definition) is 6. The van der Waals surface area contributed by atoms with Gasteiger partial charge < -0.3 is 21.1 Å².